The average molecular weight is 672 g/mol. The van der Waals surface area contributed by atoms with Gasteiger partial charge in [0.25, 0.3) is 5.91 Å². The van der Waals surface area contributed by atoms with Crippen molar-refractivity contribution in [1.29, 1.82) is 0 Å². The Kier molecular flexibility index (Phi) is 7.99. The lowest BCUT2D eigenvalue weighted by Gasteiger charge is -2.37. The number of ether oxygens (including phenoxy) is 1. The lowest BCUT2D eigenvalue weighted by molar-refractivity contribution is 0.0752. The lowest BCUT2D eigenvalue weighted by atomic mass is 9.99. The van der Waals surface area contributed by atoms with Crippen LogP contribution < -0.4 is 9.64 Å². The van der Waals surface area contributed by atoms with Crippen LogP contribution in [0, 0.1) is 8.99 Å². The van der Waals surface area contributed by atoms with Crippen LogP contribution in [0.5, 0.6) is 11.8 Å². The number of fused-ring (bicyclic) bond motifs is 2. The predicted molar refractivity (Wildman–Crippen MR) is 166 cm³/mol. The van der Waals surface area contributed by atoms with Gasteiger partial charge in [-0.15, -0.1) is 0 Å². The molecule has 9 nitrogen and oxygen atoms in total. The van der Waals surface area contributed by atoms with Crippen LogP contribution >= 0.6 is 22.6 Å². The van der Waals surface area contributed by atoms with Crippen molar-refractivity contribution in [2.45, 2.75) is 57.7 Å². The first kappa shape index (κ1) is 28.4. The second-order valence-electron chi connectivity index (χ2n) is 12.1. The van der Waals surface area contributed by atoms with Gasteiger partial charge in [-0.1, -0.05) is 12.1 Å². The van der Waals surface area contributed by atoms with Crippen LogP contribution in [0.4, 0.5) is 5.82 Å². The molecule has 3 aromatic rings. The molecule has 1 saturated carbocycles. The first-order valence-electron chi connectivity index (χ1n) is 14.5. The summed E-state index contributed by atoms with van der Waals surface area (Å²) in [6, 6.07) is 9.64. The molecule has 1 amide bonds. The highest BCUT2D eigenvalue weighted by Gasteiger charge is 2.44. The molecule has 2 aromatic carbocycles. The van der Waals surface area contributed by atoms with Crippen molar-refractivity contribution in [3.8, 4) is 11.8 Å². The maximum absolute atomic E-state index is 14.0. The van der Waals surface area contributed by atoms with Crippen molar-refractivity contribution in [2.75, 3.05) is 45.3 Å². The number of benzene rings is 2. The number of aliphatic hydroxyl groups is 1. The van der Waals surface area contributed by atoms with Gasteiger partial charge in [0.15, 0.2) is 0 Å². The highest BCUT2D eigenvalue weighted by molar-refractivity contribution is 14.1. The molecule has 0 spiro atoms. The number of carbonyl (C=O) groups excluding carboxylic acids is 1. The van der Waals surface area contributed by atoms with Crippen LogP contribution in [0.15, 0.2) is 30.3 Å². The van der Waals surface area contributed by atoms with Crippen LogP contribution in [-0.2, 0) is 13.1 Å². The van der Waals surface area contributed by atoms with Gasteiger partial charge >= 0.3 is 6.01 Å². The van der Waals surface area contributed by atoms with Crippen molar-refractivity contribution in [3.05, 3.63) is 50.7 Å². The summed E-state index contributed by atoms with van der Waals surface area (Å²) in [6.45, 7) is 3.24. The highest BCUT2D eigenvalue weighted by atomic mass is 127. The minimum absolute atomic E-state index is 0.0719. The van der Waals surface area contributed by atoms with Crippen LogP contribution in [0.3, 0.4) is 0 Å². The molecule has 41 heavy (non-hydrogen) atoms. The summed E-state index contributed by atoms with van der Waals surface area (Å²) in [6.07, 6.45) is 6.12. The number of nitrogens with zero attached hydrogens (tertiary/aromatic N) is 5. The molecule has 2 fully saturated rings. The molecular formula is C31H38IN5O4. The number of aromatic nitrogens is 2. The van der Waals surface area contributed by atoms with E-state index >= 15 is 0 Å². The molecule has 218 valence electrons. The molecule has 6 rings (SSSR count). The second-order valence-corrected chi connectivity index (χ2v) is 13.3. The fourth-order valence-corrected chi connectivity index (χ4v) is 7.32. The topological polar surface area (TPSA) is 102 Å². The van der Waals surface area contributed by atoms with Crippen molar-refractivity contribution >= 4 is 45.1 Å². The quantitative estimate of drug-likeness (QED) is 0.320. The van der Waals surface area contributed by atoms with E-state index in [-0.39, 0.29) is 29.7 Å². The number of halogens is 1. The smallest absolute Gasteiger partial charge is 0.318 e. The largest absolute Gasteiger partial charge is 0.508 e. The van der Waals surface area contributed by atoms with Crippen LogP contribution in [0.1, 0.15) is 60.1 Å². The van der Waals surface area contributed by atoms with Gasteiger partial charge in [0, 0.05) is 45.7 Å². The van der Waals surface area contributed by atoms with Gasteiger partial charge in [0.05, 0.1) is 31.0 Å². The third-order valence-electron chi connectivity index (χ3n) is 8.65. The molecule has 1 aliphatic carbocycles. The van der Waals surface area contributed by atoms with E-state index < -0.39 is 0 Å². The molecule has 1 aromatic heterocycles. The molecule has 3 aliphatic rings. The van der Waals surface area contributed by atoms with Gasteiger partial charge in [-0.2, -0.15) is 9.97 Å². The monoisotopic (exact) mass is 671 g/mol. The normalized spacial score (nSPS) is 19.6. The van der Waals surface area contributed by atoms with Gasteiger partial charge in [0.1, 0.15) is 11.6 Å². The summed E-state index contributed by atoms with van der Waals surface area (Å²) in [5.74, 6) is 0.753. The molecule has 0 radical (unpaired) electrons. The van der Waals surface area contributed by atoms with E-state index in [1.54, 1.807) is 17.0 Å². The molecule has 2 N–H and O–H groups in total. The minimum atomic E-state index is -0.144. The number of hydrogen-bond donors (Lipinski definition) is 2. The van der Waals surface area contributed by atoms with Gasteiger partial charge in [-0.25, -0.2) is 0 Å². The van der Waals surface area contributed by atoms with E-state index in [0.717, 1.165) is 76.6 Å². The summed E-state index contributed by atoms with van der Waals surface area (Å²) in [5, 5.41) is 21.9. The van der Waals surface area contributed by atoms with Gasteiger partial charge < -0.3 is 29.6 Å². The number of aromatic hydroxyl groups is 1. The SMILES string of the molecule is CN(C)CC1(COc2nc3c(c(N4CCCCC4CCO)n2)CN(C(=O)c2cc(O)cc4cccc(I)c24)C3)CC1. The number of amides is 1. The Morgan fingerprint density at radius 2 is 2.02 bits per heavy atom. The highest BCUT2D eigenvalue weighted by Crippen LogP contribution is 2.46. The zero-order valence-corrected chi connectivity index (χ0v) is 25.9. The van der Waals surface area contributed by atoms with E-state index in [2.05, 4.69) is 46.5 Å². The average Bonchev–Trinajstić information content (AvgIpc) is 3.56. The van der Waals surface area contributed by atoms with Crippen LogP contribution in [-0.4, -0.2) is 82.3 Å². The number of aliphatic hydroxyl groups excluding tert-OH is 1. The fourth-order valence-electron chi connectivity index (χ4n) is 6.51. The Morgan fingerprint density at radius 1 is 1.20 bits per heavy atom. The maximum atomic E-state index is 14.0. The fraction of sp³-hybridized carbons (Fsp3) is 0.516. The molecule has 2 aliphatic heterocycles. The Balaban J connectivity index is 1.34. The molecule has 3 heterocycles. The summed E-state index contributed by atoms with van der Waals surface area (Å²) in [5.41, 5.74) is 2.39. The molecule has 1 atom stereocenters. The number of phenols is 1. The number of piperidine rings is 1. The minimum Gasteiger partial charge on any atom is -0.508 e. The van der Waals surface area contributed by atoms with Gasteiger partial charge in [-0.05, 0) is 98.8 Å². The van der Waals surface area contributed by atoms with Gasteiger partial charge in [0.2, 0.25) is 0 Å². The molecule has 10 heteroatoms. The molecule has 1 unspecified atom stereocenters. The zero-order valence-electron chi connectivity index (χ0n) is 23.8. The third kappa shape index (κ3) is 5.83. The summed E-state index contributed by atoms with van der Waals surface area (Å²) in [7, 11) is 4.17. The van der Waals surface area contributed by atoms with Crippen LogP contribution in [0.25, 0.3) is 10.8 Å². The predicted octanol–water partition coefficient (Wildman–Crippen LogP) is 4.56. The van der Waals surface area contributed by atoms with E-state index in [4.69, 9.17) is 14.7 Å². The van der Waals surface area contributed by atoms with Crippen molar-refractivity contribution in [1.82, 2.24) is 19.8 Å². The van der Waals surface area contributed by atoms with E-state index in [0.29, 0.717) is 37.7 Å². The summed E-state index contributed by atoms with van der Waals surface area (Å²) < 4.78 is 7.25. The zero-order chi connectivity index (χ0) is 28.7. The van der Waals surface area contributed by atoms with Crippen molar-refractivity contribution < 1.29 is 19.7 Å². The number of rotatable bonds is 9. The molecule has 0 bridgehead atoms. The van der Waals surface area contributed by atoms with Gasteiger partial charge in [-0.3, -0.25) is 4.79 Å². The van der Waals surface area contributed by atoms with Crippen molar-refractivity contribution in [3.63, 3.8) is 0 Å². The Labute approximate surface area is 254 Å². The Morgan fingerprint density at radius 3 is 2.78 bits per heavy atom. The third-order valence-corrected chi connectivity index (χ3v) is 9.55. The number of carbonyl (C=O) groups is 1. The Bertz CT molecular complexity index is 1460. The van der Waals surface area contributed by atoms with Crippen molar-refractivity contribution in [2.24, 2.45) is 5.41 Å². The first-order valence-corrected chi connectivity index (χ1v) is 15.6. The molecular weight excluding hydrogens is 633 g/mol. The van der Waals surface area contributed by atoms with E-state index in [1.165, 1.54) is 0 Å². The number of hydrogen-bond acceptors (Lipinski definition) is 8. The maximum Gasteiger partial charge on any atom is 0.318 e. The summed E-state index contributed by atoms with van der Waals surface area (Å²) >= 11 is 2.25. The molecule has 1 saturated heterocycles. The first-order chi connectivity index (χ1) is 19.8. The Hall–Kier alpha value is -2.70. The number of anilines is 1. The number of phenolic OH excluding ortho intramolecular Hbond substituents is 1. The van der Waals surface area contributed by atoms with E-state index in [9.17, 15) is 15.0 Å². The standard InChI is InChI=1S/C31H38IN5O4/c1-35(2)18-31(10-11-31)19-41-30-33-26-17-36(16-24(26)28(34-30)37-12-4-3-7-21(37)9-13-38)29(40)23-15-22(39)14-20-6-5-8-25(32)27(20)23/h5-6,8,14-15,21,38-39H,3-4,7,9-13,16-19H2,1-2H3. The van der Waals surface area contributed by atoms with E-state index in [1.807, 2.05) is 18.2 Å². The lowest BCUT2D eigenvalue weighted by Crippen LogP contribution is -2.41. The summed E-state index contributed by atoms with van der Waals surface area (Å²) in [4.78, 5) is 30.1. The van der Waals surface area contributed by atoms with Crippen LogP contribution in [0.2, 0.25) is 0 Å². The second kappa shape index (κ2) is 11.5.